The summed E-state index contributed by atoms with van der Waals surface area (Å²) in [5.74, 6) is 0.365. The predicted molar refractivity (Wildman–Crippen MR) is 91.0 cm³/mol. The lowest BCUT2D eigenvalue weighted by molar-refractivity contribution is -0.145. The summed E-state index contributed by atoms with van der Waals surface area (Å²) in [6.45, 7) is 1.88. The van der Waals surface area contributed by atoms with Crippen LogP contribution in [-0.2, 0) is 9.59 Å². The molecule has 1 aromatic rings. The van der Waals surface area contributed by atoms with Gasteiger partial charge in [-0.15, -0.1) is 0 Å². The van der Waals surface area contributed by atoms with Gasteiger partial charge < -0.3 is 24.4 Å². The van der Waals surface area contributed by atoms with Gasteiger partial charge in [-0.3, -0.25) is 9.59 Å². The normalized spacial score (nSPS) is 21.1. The lowest BCUT2D eigenvalue weighted by Gasteiger charge is -2.23. The molecule has 7 nitrogen and oxygen atoms in total. The Morgan fingerprint density at radius 3 is 2.56 bits per heavy atom. The van der Waals surface area contributed by atoms with Gasteiger partial charge in [0, 0.05) is 19.0 Å². The molecule has 1 saturated carbocycles. The maximum atomic E-state index is 12.7. The number of carbonyl (C=O) groups is 2. The number of fused-ring (bicyclic) bond motifs is 1. The molecule has 1 aliphatic heterocycles. The van der Waals surface area contributed by atoms with Crippen LogP contribution >= 0.6 is 0 Å². The Kier molecular flexibility index (Phi) is 5.13. The highest BCUT2D eigenvalue weighted by molar-refractivity contribution is 5.86. The monoisotopic (exact) mass is 348 g/mol. The predicted octanol–water partition coefficient (Wildman–Crippen LogP) is 1.04. The molecule has 1 heterocycles. The molecule has 2 atom stereocenters. The molecule has 136 valence electrons. The zero-order valence-corrected chi connectivity index (χ0v) is 14.6. The number of carboxylic acid groups (broad SMARTS) is 1. The largest absolute Gasteiger partial charge is 0.486 e. The molecule has 1 aliphatic carbocycles. The molecule has 0 spiro atoms. The van der Waals surface area contributed by atoms with Crippen LogP contribution in [0.5, 0.6) is 11.5 Å². The molecular weight excluding hydrogens is 324 g/mol. The van der Waals surface area contributed by atoms with Crippen molar-refractivity contribution in [2.75, 3.05) is 46.9 Å². The maximum Gasteiger partial charge on any atom is 0.323 e. The van der Waals surface area contributed by atoms with Crippen molar-refractivity contribution in [3.63, 3.8) is 0 Å². The van der Waals surface area contributed by atoms with Crippen molar-refractivity contribution in [3.8, 4) is 11.5 Å². The standard InChI is InChI=1S/C18H24N2O5/c1-19(2)5-6-20(11-17(21)22)18(23)14-10-13(14)12-3-4-15-16(9-12)25-8-7-24-15/h3-4,9,13-14H,5-8,10-11H2,1-2H3,(H,21,22)/t13-,14+/m1/s1. The fourth-order valence-corrected chi connectivity index (χ4v) is 3.11. The topological polar surface area (TPSA) is 79.3 Å². The first-order valence-corrected chi connectivity index (χ1v) is 8.50. The Morgan fingerprint density at radius 2 is 1.88 bits per heavy atom. The minimum absolute atomic E-state index is 0.0795. The van der Waals surface area contributed by atoms with Crippen molar-refractivity contribution in [2.24, 2.45) is 5.92 Å². The molecule has 0 radical (unpaired) electrons. The summed E-state index contributed by atoms with van der Waals surface area (Å²) < 4.78 is 11.1. The third-order valence-electron chi connectivity index (χ3n) is 4.56. The van der Waals surface area contributed by atoms with E-state index in [4.69, 9.17) is 14.6 Å². The molecule has 25 heavy (non-hydrogen) atoms. The van der Waals surface area contributed by atoms with Gasteiger partial charge in [-0.05, 0) is 44.1 Å². The van der Waals surface area contributed by atoms with E-state index >= 15 is 0 Å². The van der Waals surface area contributed by atoms with Gasteiger partial charge in [-0.1, -0.05) is 6.07 Å². The van der Waals surface area contributed by atoms with Gasteiger partial charge in [0.15, 0.2) is 11.5 Å². The van der Waals surface area contributed by atoms with Crippen LogP contribution in [0, 0.1) is 5.92 Å². The molecule has 2 aliphatic rings. The number of amides is 1. The second kappa shape index (κ2) is 7.31. The Labute approximate surface area is 147 Å². The van der Waals surface area contributed by atoms with Crippen molar-refractivity contribution in [2.45, 2.75) is 12.3 Å². The molecule has 3 rings (SSSR count). The molecule has 0 bridgehead atoms. The van der Waals surface area contributed by atoms with Crippen LogP contribution < -0.4 is 9.47 Å². The summed E-state index contributed by atoms with van der Waals surface area (Å²) in [6, 6.07) is 5.78. The minimum Gasteiger partial charge on any atom is -0.486 e. The summed E-state index contributed by atoms with van der Waals surface area (Å²) in [7, 11) is 3.80. The summed E-state index contributed by atoms with van der Waals surface area (Å²) in [6.07, 6.45) is 0.747. The van der Waals surface area contributed by atoms with E-state index in [1.807, 2.05) is 37.2 Å². The molecule has 1 aromatic carbocycles. The number of likely N-dealkylation sites (N-methyl/N-ethyl adjacent to an activating group) is 1. The molecule has 0 unspecified atom stereocenters. The first kappa shape index (κ1) is 17.5. The van der Waals surface area contributed by atoms with E-state index in [2.05, 4.69) is 0 Å². The molecule has 0 saturated heterocycles. The number of carbonyl (C=O) groups excluding carboxylic acids is 1. The summed E-state index contributed by atoms with van der Waals surface area (Å²) >= 11 is 0. The Hall–Kier alpha value is -2.28. The Bertz CT molecular complexity index is 661. The zero-order chi connectivity index (χ0) is 18.0. The SMILES string of the molecule is CN(C)CCN(CC(=O)O)C(=O)[C@H]1C[C@@H]1c1ccc2c(c1)OCCO2. The average molecular weight is 348 g/mol. The van der Waals surface area contributed by atoms with Crippen molar-refractivity contribution < 1.29 is 24.2 Å². The van der Waals surface area contributed by atoms with E-state index in [0.29, 0.717) is 26.3 Å². The van der Waals surface area contributed by atoms with Gasteiger partial charge in [0.1, 0.15) is 19.8 Å². The molecular formula is C18H24N2O5. The molecule has 1 amide bonds. The molecule has 7 heteroatoms. The minimum atomic E-state index is -0.983. The van der Waals surface area contributed by atoms with E-state index < -0.39 is 5.97 Å². The number of hydrogen-bond donors (Lipinski definition) is 1. The number of carboxylic acids is 1. The smallest absolute Gasteiger partial charge is 0.323 e. The van der Waals surface area contributed by atoms with Gasteiger partial charge in [0.25, 0.3) is 0 Å². The quantitative estimate of drug-likeness (QED) is 0.793. The van der Waals surface area contributed by atoms with Crippen molar-refractivity contribution in [1.82, 2.24) is 9.80 Å². The first-order chi connectivity index (χ1) is 12.0. The van der Waals surface area contributed by atoms with Crippen LogP contribution in [0.1, 0.15) is 17.9 Å². The summed E-state index contributed by atoms with van der Waals surface area (Å²) in [4.78, 5) is 27.2. The van der Waals surface area contributed by atoms with Crippen LogP contribution in [0.3, 0.4) is 0 Å². The van der Waals surface area contributed by atoms with Gasteiger partial charge in [-0.2, -0.15) is 0 Å². The summed E-state index contributed by atoms with van der Waals surface area (Å²) in [5.41, 5.74) is 1.05. The fraction of sp³-hybridized carbons (Fsp3) is 0.556. The number of benzene rings is 1. The zero-order valence-electron chi connectivity index (χ0n) is 14.6. The van der Waals surface area contributed by atoms with Crippen LogP contribution in [0.4, 0.5) is 0 Å². The second-order valence-corrected chi connectivity index (χ2v) is 6.81. The van der Waals surface area contributed by atoms with E-state index in [1.165, 1.54) is 4.90 Å². The van der Waals surface area contributed by atoms with Gasteiger partial charge >= 0.3 is 5.97 Å². The van der Waals surface area contributed by atoms with Gasteiger partial charge in [0.2, 0.25) is 5.91 Å². The van der Waals surface area contributed by atoms with E-state index in [1.54, 1.807) is 0 Å². The maximum absolute atomic E-state index is 12.7. The lowest BCUT2D eigenvalue weighted by Crippen LogP contribution is -2.41. The highest BCUT2D eigenvalue weighted by atomic mass is 16.6. The van der Waals surface area contributed by atoms with Gasteiger partial charge in [-0.25, -0.2) is 0 Å². The van der Waals surface area contributed by atoms with Crippen LogP contribution in [0.2, 0.25) is 0 Å². The third-order valence-corrected chi connectivity index (χ3v) is 4.56. The number of rotatable bonds is 7. The number of hydrogen-bond acceptors (Lipinski definition) is 5. The molecule has 0 aromatic heterocycles. The van der Waals surface area contributed by atoms with Crippen molar-refractivity contribution in [3.05, 3.63) is 23.8 Å². The van der Waals surface area contributed by atoms with Crippen molar-refractivity contribution >= 4 is 11.9 Å². The highest BCUT2D eigenvalue weighted by Gasteiger charge is 2.46. The van der Waals surface area contributed by atoms with E-state index in [9.17, 15) is 9.59 Å². The highest BCUT2D eigenvalue weighted by Crippen LogP contribution is 2.50. The fourth-order valence-electron chi connectivity index (χ4n) is 3.11. The molecule has 1 fully saturated rings. The van der Waals surface area contributed by atoms with Gasteiger partial charge in [0.05, 0.1) is 0 Å². The van der Waals surface area contributed by atoms with Crippen LogP contribution in [-0.4, -0.2) is 73.7 Å². The third kappa shape index (κ3) is 4.22. The Balaban J connectivity index is 1.66. The lowest BCUT2D eigenvalue weighted by atomic mass is 10.1. The number of nitrogens with zero attached hydrogens (tertiary/aromatic N) is 2. The number of aliphatic carboxylic acids is 1. The van der Waals surface area contributed by atoms with Crippen LogP contribution in [0.15, 0.2) is 18.2 Å². The average Bonchev–Trinajstić information content (AvgIpc) is 3.38. The first-order valence-electron chi connectivity index (χ1n) is 8.50. The van der Waals surface area contributed by atoms with E-state index in [0.717, 1.165) is 23.5 Å². The number of ether oxygens (including phenoxy) is 2. The van der Waals surface area contributed by atoms with Crippen molar-refractivity contribution in [1.29, 1.82) is 0 Å². The summed E-state index contributed by atoms with van der Waals surface area (Å²) in [5, 5.41) is 9.08. The Morgan fingerprint density at radius 1 is 1.16 bits per heavy atom. The second-order valence-electron chi connectivity index (χ2n) is 6.81. The molecule has 1 N–H and O–H groups in total. The van der Waals surface area contributed by atoms with E-state index in [-0.39, 0.29) is 24.3 Å². The van der Waals surface area contributed by atoms with Crippen LogP contribution in [0.25, 0.3) is 0 Å².